The molecule has 18 heavy (non-hydrogen) atoms. The molecule has 1 heterocycles. The Kier molecular flexibility index (Phi) is 4.11. The zero-order valence-electron chi connectivity index (χ0n) is 10.8. The van der Waals surface area contributed by atoms with Crippen molar-refractivity contribution in [2.24, 2.45) is 0 Å². The normalized spacial score (nSPS) is 19.2. The number of sulfonamides is 1. The van der Waals surface area contributed by atoms with Crippen LogP contribution >= 0.6 is 11.3 Å². The molecule has 0 spiro atoms. The van der Waals surface area contributed by atoms with Gasteiger partial charge in [0.2, 0.25) is 0 Å². The molecule has 0 bridgehead atoms. The molecule has 1 aromatic rings. The molecule has 1 aliphatic carbocycles. The summed E-state index contributed by atoms with van der Waals surface area (Å²) in [6.07, 6.45) is 4.07. The smallest absolute Gasteiger partial charge is 0.250 e. The van der Waals surface area contributed by atoms with Crippen molar-refractivity contribution in [2.45, 2.75) is 48.9 Å². The SMILES string of the molecule is CNCc1ccc(S(=O)(=O)NC2(C)CCCC2)s1. The fourth-order valence-electron chi connectivity index (χ4n) is 2.40. The van der Waals surface area contributed by atoms with Crippen molar-refractivity contribution >= 4 is 21.4 Å². The molecule has 0 aliphatic heterocycles. The van der Waals surface area contributed by atoms with Gasteiger partial charge in [0.15, 0.2) is 0 Å². The summed E-state index contributed by atoms with van der Waals surface area (Å²) >= 11 is 1.33. The zero-order valence-corrected chi connectivity index (χ0v) is 12.5. The summed E-state index contributed by atoms with van der Waals surface area (Å²) < 4.78 is 27.9. The summed E-state index contributed by atoms with van der Waals surface area (Å²) in [5.74, 6) is 0. The summed E-state index contributed by atoms with van der Waals surface area (Å²) in [5.41, 5.74) is -0.258. The average molecular weight is 288 g/mol. The van der Waals surface area contributed by atoms with E-state index in [1.54, 1.807) is 6.07 Å². The standard InChI is InChI=1S/C12H20N2O2S2/c1-12(7-3-4-8-12)14-18(15,16)11-6-5-10(17-11)9-13-2/h5-6,13-14H,3-4,7-9H2,1-2H3. The maximum absolute atomic E-state index is 12.3. The highest BCUT2D eigenvalue weighted by molar-refractivity contribution is 7.91. The first kappa shape index (κ1) is 14.0. The van der Waals surface area contributed by atoms with Gasteiger partial charge in [-0.25, -0.2) is 13.1 Å². The second kappa shape index (κ2) is 5.28. The topological polar surface area (TPSA) is 58.2 Å². The van der Waals surface area contributed by atoms with E-state index >= 15 is 0 Å². The second-order valence-electron chi connectivity index (χ2n) is 5.12. The molecule has 2 rings (SSSR count). The van der Waals surface area contributed by atoms with E-state index in [1.165, 1.54) is 11.3 Å². The third kappa shape index (κ3) is 3.12. The van der Waals surface area contributed by atoms with Gasteiger partial charge in [-0.15, -0.1) is 11.3 Å². The lowest BCUT2D eigenvalue weighted by atomic mass is 10.0. The first-order valence-electron chi connectivity index (χ1n) is 6.22. The van der Waals surface area contributed by atoms with Gasteiger partial charge in [0.05, 0.1) is 0 Å². The second-order valence-corrected chi connectivity index (χ2v) is 8.20. The van der Waals surface area contributed by atoms with Crippen LogP contribution in [0.15, 0.2) is 16.3 Å². The summed E-state index contributed by atoms with van der Waals surface area (Å²) in [5, 5.41) is 3.02. The van der Waals surface area contributed by atoms with Crippen LogP contribution < -0.4 is 10.0 Å². The van der Waals surface area contributed by atoms with Crippen molar-refractivity contribution in [3.63, 3.8) is 0 Å². The maximum atomic E-state index is 12.3. The van der Waals surface area contributed by atoms with E-state index in [-0.39, 0.29) is 5.54 Å². The molecule has 0 saturated heterocycles. The number of rotatable bonds is 5. The molecule has 0 aromatic carbocycles. The molecule has 0 amide bonds. The Morgan fingerprint density at radius 2 is 2.00 bits per heavy atom. The molecule has 1 saturated carbocycles. The van der Waals surface area contributed by atoms with Gasteiger partial charge in [0, 0.05) is 17.0 Å². The fourth-order valence-corrected chi connectivity index (χ4v) is 5.24. The van der Waals surface area contributed by atoms with Gasteiger partial charge in [-0.05, 0) is 38.9 Å². The van der Waals surface area contributed by atoms with Crippen molar-refractivity contribution < 1.29 is 8.42 Å². The van der Waals surface area contributed by atoms with Crippen LogP contribution in [0.3, 0.4) is 0 Å². The highest BCUT2D eigenvalue weighted by Gasteiger charge is 2.33. The quantitative estimate of drug-likeness (QED) is 0.872. The van der Waals surface area contributed by atoms with Gasteiger partial charge in [0.25, 0.3) is 10.0 Å². The average Bonchev–Trinajstić information content (AvgIpc) is 2.87. The summed E-state index contributed by atoms with van der Waals surface area (Å²) in [6.45, 7) is 2.71. The van der Waals surface area contributed by atoms with Crippen LogP contribution in [0.1, 0.15) is 37.5 Å². The minimum Gasteiger partial charge on any atom is -0.315 e. The van der Waals surface area contributed by atoms with E-state index in [9.17, 15) is 8.42 Å². The molecule has 1 fully saturated rings. The molecular weight excluding hydrogens is 268 g/mol. The van der Waals surface area contributed by atoms with Crippen molar-refractivity contribution in [3.05, 3.63) is 17.0 Å². The maximum Gasteiger partial charge on any atom is 0.250 e. The van der Waals surface area contributed by atoms with Crippen LogP contribution in [0.5, 0.6) is 0 Å². The number of hydrogen-bond donors (Lipinski definition) is 2. The van der Waals surface area contributed by atoms with Crippen LogP contribution in [0, 0.1) is 0 Å². The van der Waals surface area contributed by atoms with Gasteiger partial charge in [0.1, 0.15) is 4.21 Å². The molecule has 1 aromatic heterocycles. The number of hydrogen-bond acceptors (Lipinski definition) is 4. The number of nitrogens with one attached hydrogen (secondary N) is 2. The molecule has 1 aliphatic rings. The van der Waals surface area contributed by atoms with Crippen LogP contribution in [0.4, 0.5) is 0 Å². The Morgan fingerprint density at radius 1 is 1.33 bits per heavy atom. The van der Waals surface area contributed by atoms with E-state index in [4.69, 9.17) is 0 Å². The summed E-state index contributed by atoms with van der Waals surface area (Å²) in [4.78, 5) is 1.04. The third-order valence-corrected chi connectivity index (χ3v) is 6.56. The third-order valence-electron chi connectivity index (χ3n) is 3.34. The van der Waals surface area contributed by atoms with Crippen LogP contribution in [-0.4, -0.2) is 21.0 Å². The predicted octanol–water partition coefficient (Wildman–Crippen LogP) is 2.08. The molecule has 102 valence electrons. The van der Waals surface area contributed by atoms with E-state index in [1.807, 2.05) is 20.0 Å². The molecule has 2 N–H and O–H groups in total. The minimum absolute atomic E-state index is 0.258. The van der Waals surface area contributed by atoms with Crippen LogP contribution in [-0.2, 0) is 16.6 Å². The van der Waals surface area contributed by atoms with Crippen LogP contribution in [0.25, 0.3) is 0 Å². The predicted molar refractivity (Wildman–Crippen MR) is 74.3 cm³/mol. The lowest BCUT2D eigenvalue weighted by Crippen LogP contribution is -2.43. The Labute approximate surface area is 113 Å². The Morgan fingerprint density at radius 3 is 2.61 bits per heavy atom. The van der Waals surface area contributed by atoms with Gasteiger partial charge in [-0.2, -0.15) is 0 Å². The first-order chi connectivity index (χ1) is 8.45. The zero-order chi connectivity index (χ0) is 13.2. The van der Waals surface area contributed by atoms with Gasteiger partial charge < -0.3 is 5.32 Å². The first-order valence-corrected chi connectivity index (χ1v) is 8.52. The Hall–Kier alpha value is -0.430. The van der Waals surface area contributed by atoms with Crippen molar-refractivity contribution in [3.8, 4) is 0 Å². The highest BCUT2D eigenvalue weighted by atomic mass is 32.2. The number of thiophene rings is 1. The molecular formula is C12H20N2O2S2. The molecule has 6 heteroatoms. The van der Waals surface area contributed by atoms with Crippen molar-refractivity contribution in [1.29, 1.82) is 0 Å². The Bertz CT molecular complexity index is 502. The van der Waals surface area contributed by atoms with E-state index in [0.717, 1.165) is 30.6 Å². The highest BCUT2D eigenvalue weighted by Crippen LogP contribution is 2.31. The lowest BCUT2D eigenvalue weighted by Gasteiger charge is -2.24. The van der Waals surface area contributed by atoms with Gasteiger partial charge >= 0.3 is 0 Å². The lowest BCUT2D eigenvalue weighted by molar-refractivity contribution is 0.428. The Balaban J connectivity index is 2.14. The largest absolute Gasteiger partial charge is 0.315 e. The van der Waals surface area contributed by atoms with E-state index < -0.39 is 10.0 Å². The fraction of sp³-hybridized carbons (Fsp3) is 0.667. The molecule has 0 unspecified atom stereocenters. The van der Waals surface area contributed by atoms with E-state index in [2.05, 4.69) is 10.0 Å². The van der Waals surface area contributed by atoms with Gasteiger partial charge in [-0.1, -0.05) is 12.8 Å². The van der Waals surface area contributed by atoms with Crippen molar-refractivity contribution in [1.82, 2.24) is 10.0 Å². The molecule has 4 nitrogen and oxygen atoms in total. The minimum atomic E-state index is -3.36. The molecule has 0 radical (unpaired) electrons. The van der Waals surface area contributed by atoms with Crippen LogP contribution in [0.2, 0.25) is 0 Å². The van der Waals surface area contributed by atoms with E-state index in [0.29, 0.717) is 10.8 Å². The summed E-state index contributed by atoms with van der Waals surface area (Å²) in [7, 11) is -1.51. The van der Waals surface area contributed by atoms with Crippen molar-refractivity contribution in [2.75, 3.05) is 7.05 Å². The summed E-state index contributed by atoms with van der Waals surface area (Å²) in [6, 6.07) is 3.56. The monoisotopic (exact) mass is 288 g/mol. The van der Waals surface area contributed by atoms with Gasteiger partial charge in [-0.3, -0.25) is 0 Å². The molecule has 0 atom stereocenters.